The Morgan fingerprint density at radius 3 is 2.59 bits per heavy atom. The van der Waals surface area contributed by atoms with Gasteiger partial charge in [-0.1, -0.05) is 0 Å². The predicted octanol–water partition coefficient (Wildman–Crippen LogP) is 1.95. The summed E-state index contributed by atoms with van der Waals surface area (Å²) in [6, 6.07) is 3.89. The summed E-state index contributed by atoms with van der Waals surface area (Å²) in [7, 11) is 0. The van der Waals surface area contributed by atoms with Gasteiger partial charge in [-0.15, -0.1) is 0 Å². The largest absolute Gasteiger partial charge is 0.452 e. The van der Waals surface area contributed by atoms with Gasteiger partial charge in [-0.25, -0.2) is 4.79 Å². The summed E-state index contributed by atoms with van der Waals surface area (Å²) in [4.78, 5) is 37.0. The number of amides is 1. The van der Waals surface area contributed by atoms with Gasteiger partial charge in [0.05, 0.1) is 17.1 Å². The maximum Gasteiger partial charge on any atom is 0.341 e. The summed E-state index contributed by atoms with van der Waals surface area (Å²) >= 11 is 0. The molecule has 0 unspecified atom stereocenters. The van der Waals surface area contributed by atoms with Crippen LogP contribution in [0.2, 0.25) is 0 Å². The lowest BCUT2D eigenvalue weighted by molar-refractivity contribution is -0.384. The average molecular weight is 379 g/mol. The zero-order valence-electron chi connectivity index (χ0n) is 15.5. The number of ether oxygens (including phenoxy) is 1. The van der Waals surface area contributed by atoms with E-state index in [9.17, 15) is 19.7 Å². The topological polar surface area (TPSA) is 122 Å². The van der Waals surface area contributed by atoms with Crippen LogP contribution in [0.3, 0.4) is 0 Å². The molecule has 1 aromatic rings. The second-order valence-corrected chi connectivity index (χ2v) is 6.64. The van der Waals surface area contributed by atoms with Crippen LogP contribution in [0, 0.1) is 10.1 Å². The van der Waals surface area contributed by atoms with Gasteiger partial charge in [-0.05, 0) is 39.2 Å². The summed E-state index contributed by atoms with van der Waals surface area (Å²) in [6.45, 7) is 3.50. The smallest absolute Gasteiger partial charge is 0.341 e. The third-order valence-electron chi connectivity index (χ3n) is 4.67. The molecule has 1 aliphatic heterocycles. The van der Waals surface area contributed by atoms with Crippen molar-refractivity contribution in [2.75, 3.05) is 25.1 Å². The lowest BCUT2D eigenvalue weighted by Gasteiger charge is -2.38. The van der Waals surface area contributed by atoms with Gasteiger partial charge < -0.3 is 20.1 Å². The fourth-order valence-electron chi connectivity index (χ4n) is 3.35. The maximum absolute atomic E-state index is 12.5. The minimum absolute atomic E-state index is 0.0507. The van der Waals surface area contributed by atoms with Crippen LogP contribution >= 0.6 is 0 Å². The van der Waals surface area contributed by atoms with Crippen LogP contribution in [-0.2, 0) is 9.53 Å². The second kappa shape index (κ2) is 9.31. The molecule has 9 nitrogen and oxygen atoms in total. The van der Waals surface area contributed by atoms with Crippen molar-refractivity contribution in [3.05, 3.63) is 33.9 Å². The van der Waals surface area contributed by atoms with Crippen molar-refractivity contribution >= 4 is 23.3 Å². The van der Waals surface area contributed by atoms with Crippen molar-refractivity contribution in [1.82, 2.24) is 4.90 Å². The van der Waals surface area contributed by atoms with Gasteiger partial charge in [0.1, 0.15) is 0 Å². The third-order valence-corrected chi connectivity index (χ3v) is 4.67. The molecule has 0 aromatic heterocycles. The standard InChI is InChI=1S/C18H25N3O6/c1-12-4-3-5-13(2)20(12)17(23)11-27-18(24)15-10-14(21(25)26)6-7-16(15)19-8-9-22/h6-7,10,12-13,19,22H,3-5,8-9,11H2,1-2H3/t12-,13-/m0/s1. The zero-order chi connectivity index (χ0) is 20.0. The molecule has 1 amide bonds. The van der Waals surface area contributed by atoms with Gasteiger partial charge in [0.15, 0.2) is 6.61 Å². The first-order valence-corrected chi connectivity index (χ1v) is 8.96. The van der Waals surface area contributed by atoms with Crippen LogP contribution in [0.25, 0.3) is 0 Å². The molecule has 2 rings (SSSR count). The number of non-ortho nitro benzene ring substituents is 1. The van der Waals surface area contributed by atoms with E-state index in [1.807, 2.05) is 13.8 Å². The number of esters is 1. The Balaban J connectivity index is 2.10. The number of nitro groups is 1. The van der Waals surface area contributed by atoms with E-state index in [-0.39, 0.29) is 42.4 Å². The molecule has 1 aromatic carbocycles. The molecule has 0 saturated carbocycles. The maximum atomic E-state index is 12.5. The number of benzene rings is 1. The minimum Gasteiger partial charge on any atom is -0.452 e. The van der Waals surface area contributed by atoms with Crippen molar-refractivity contribution in [2.45, 2.75) is 45.2 Å². The molecule has 0 radical (unpaired) electrons. The van der Waals surface area contributed by atoms with Crippen molar-refractivity contribution in [3.8, 4) is 0 Å². The SMILES string of the molecule is C[C@H]1CCC[C@H](C)N1C(=O)COC(=O)c1cc([N+](=O)[O-])ccc1NCCO. The van der Waals surface area contributed by atoms with Crippen LogP contribution in [0.1, 0.15) is 43.5 Å². The van der Waals surface area contributed by atoms with E-state index in [0.29, 0.717) is 5.69 Å². The number of nitrogens with zero attached hydrogens (tertiary/aromatic N) is 2. The number of anilines is 1. The van der Waals surface area contributed by atoms with Gasteiger partial charge in [0, 0.05) is 36.4 Å². The summed E-state index contributed by atoms with van der Waals surface area (Å²) < 4.78 is 5.14. The fourth-order valence-corrected chi connectivity index (χ4v) is 3.35. The molecule has 0 spiro atoms. The molecule has 148 valence electrons. The second-order valence-electron chi connectivity index (χ2n) is 6.64. The zero-order valence-corrected chi connectivity index (χ0v) is 15.5. The summed E-state index contributed by atoms with van der Waals surface area (Å²) in [5.74, 6) is -1.11. The molecule has 2 N–H and O–H groups in total. The van der Waals surface area contributed by atoms with Crippen LogP contribution in [0.4, 0.5) is 11.4 Å². The molecular formula is C18H25N3O6. The van der Waals surface area contributed by atoms with Gasteiger partial charge in [0.25, 0.3) is 11.6 Å². The number of hydrogen-bond donors (Lipinski definition) is 2. The molecule has 1 fully saturated rings. The fraction of sp³-hybridized carbons (Fsp3) is 0.556. The molecule has 27 heavy (non-hydrogen) atoms. The molecule has 0 aliphatic carbocycles. The summed E-state index contributed by atoms with van der Waals surface area (Å²) in [5.41, 5.74) is -0.0156. The number of aliphatic hydroxyl groups excluding tert-OH is 1. The minimum atomic E-state index is -0.829. The number of piperidine rings is 1. The van der Waals surface area contributed by atoms with E-state index in [2.05, 4.69) is 5.32 Å². The van der Waals surface area contributed by atoms with Crippen LogP contribution in [0.5, 0.6) is 0 Å². The first-order chi connectivity index (χ1) is 12.8. The molecule has 1 aliphatic rings. The highest BCUT2D eigenvalue weighted by Gasteiger charge is 2.29. The Labute approximate surface area is 157 Å². The number of likely N-dealkylation sites (tertiary alicyclic amines) is 1. The van der Waals surface area contributed by atoms with Crippen molar-refractivity contribution < 1.29 is 24.4 Å². The number of carbonyl (C=O) groups excluding carboxylic acids is 2. The average Bonchev–Trinajstić information content (AvgIpc) is 2.64. The van der Waals surface area contributed by atoms with Gasteiger partial charge in [-0.2, -0.15) is 0 Å². The Morgan fingerprint density at radius 2 is 2.00 bits per heavy atom. The van der Waals surface area contributed by atoms with Crippen molar-refractivity contribution in [2.24, 2.45) is 0 Å². The predicted molar refractivity (Wildman–Crippen MR) is 98.6 cm³/mol. The Bertz CT molecular complexity index is 698. The van der Waals surface area contributed by atoms with E-state index in [1.165, 1.54) is 12.1 Å². The lowest BCUT2D eigenvalue weighted by atomic mass is 9.97. The van der Waals surface area contributed by atoms with Crippen molar-refractivity contribution in [1.29, 1.82) is 0 Å². The third kappa shape index (κ3) is 5.16. The highest BCUT2D eigenvalue weighted by atomic mass is 16.6. The van der Waals surface area contributed by atoms with Crippen molar-refractivity contribution in [3.63, 3.8) is 0 Å². The number of hydrogen-bond acceptors (Lipinski definition) is 7. The number of aliphatic hydroxyl groups is 1. The molecule has 0 bridgehead atoms. The monoisotopic (exact) mass is 379 g/mol. The van der Waals surface area contributed by atoms with Crippen LogP contribution < -0.4 is 5.32 Å². The van der Waals surface area contributed by atoms with E-state index < -0.39 is 17.5 Å². The normalized spacial score (nSPS) is 19.4. The van der Waals surface area contributed by atoms with Crippen LogP contribution in [-0.4, -0.2) is 58.6 Å². The van der Waals surface area contributed by atoms with Crippen LogP contribution in [0.15, 0.2) is 18.2 Å². The quantitative estimate of drug-likeness (QED) is 0.422. The molecule has 1 saturated heterocycles. The molecule has 1 heterocycles. The number of carbonyl (C=O) groups is 2. The van der Waals surface area contributed by atoms with Gasteiger partial charge in [0.2, 0.25) is 0 Å². The summed E-state index contributed by atoms with van der Waals surface area (Å²) in [5, 5.41) is 22.7. The summed E-state index contributed by atoms with van der Waals surface area (Å²) in [6.07, 6.45) is 2.87. The Hall–Kier alpha value is -2.68. The van der Waals surface area contributed by atoms with Gasteiger partial charge >= 0.3 is 5.97 Å². The first-order valence-electron chi connectivity index (χ1n) is 8.96. The molecule has 2 atom stereocenters. The highest BCUT2D eigenvalue weighted by molar-refractivity contribution is 5.97. The lowest BCUT2D eigenvalue weighted by Crippen LogP contribution is -2.49. The first kappa shape index (κ1) is 20.6. The number of nitro benzene ring substituents is 1. The van der Waals surface area contributed by atoms with Gasteiger partial charge in [-0.3, -0.25) is 14.9 Å². The number of nitrogens with one attached hydrogen (secondary N) is 1. The van der Waals surface area contributed by atoms with E-state index >= 15 is 0 Å². The molecular weight excluding hydrogens is 354 g/mol. The van der Waals surface area contributed by atoms with E-state index in [0.717, 1.165) is 25.3 Å². The van der Waals surface area contributed by atoms with E-state index in [1.54, 1.807) is 4.90 Å². The van der Waals surface area contributed by atoms with E-state index in [4.69, 9.17) is 9.84 Å². The number of rotatable bonds is 7. The Morgan fingerprint density at radius 1 is 1.33 bits per heavy atom. The molecule has 9 heteroatoms. The highest BCUT2D eigenvalue weighted by Crippen LogP contribution is 2.24. The Kier molecular flexibility index (Phi) is 7.12.